The first-order valence-electron chi connectivity index (χ1n) is 6.87. The lowest BCUT2D eigenvalue weighted by Gasteiger charge is -2.17. The van der Waals surface area contributed by atoms with Gasteiger partial charge in [-0.1, -0.05) is 54.6 Å². The van der Waals surface area contributed by atoms with Crippen molar-refractivity contribution in [2.24, 2.45) is 5.73 Å². The highest BCUT2D eigenvalue weighted by Crippen LogP contribution is 2.37. The lowest BCUT2D eigenvalue weighted by molar-refractivity contribution is 0.117. The second kappa shape index (κ2) is 5.34. The summed E-state index contributed by atoms with van der Waals surface area (Å²) in [4.78, 5) is 0. The zero-order valence-electron chi connectivity index (χ0n) is 11.6. The van der Waals surface area contributed by atoms with Crippen molar-refractivity contribution in [2.45, 2.75) is 12.5 Å². The van der Waals surface area contributed by atoms with Gasteiger partial charge in [0.25, 0.3) is 6.43 Å². The molecule has 22 heavy (non-hydrogen) atoms. The molecule has 0 aliphatic heterocycles. The quantitative estimate of drug-likeness (QED) is 0.501. The van der Waals surface area contributed by atoms with E-state index in [9.17, 15) is 8.78 Å². The fourth-order valence-corrected chi connectivity index (χ4v) is 3.18. The van der Waals surface area contributed by atoms with Crippen molar-refractivity contribution in [1.29, 1.82) is 0 Å². The maximum absolute atomic E-state index is 13.0. The van der Waals surface area contributed by atoms with E-state index < -0.39 is 12.5 Å². The average molecular weight is 318 g/mol. The van der Waals surface area contributed by atoms with Crippen LogP contribution in [-0.2, 0) is 0 Å². The van der Waals surface area contributed by atoms with Crippen molar-refractivity contribution in [3.8, 4) is 0 Å². The van der Waals surface area contributed by atoms with Gasteiger partial charge in [0.05, 0.1) is 6.04 Å². The van der Waals surface area contributed by atoms with Crippen LogP contribution in [0.2, 0.25) is 0 Å². The summed E-state index contributed by atoms with van der Waals surface area (Å²) in [7, 11) is 0. The predicted molar refractivity (Wildman–Crippen MR) is 90.3 cm³/mol. The molecule has 0 fully saturated rings. The van der Waals surface area contributed by atoms with E-state index in [1.54, 1.807) is 6.07 Å². The van der Waals surface area contributed by atoms with Crippen LogP contribution in [0, 0.1) is 0 Å². The molecule has 0 bridgehead atoms. The Hall–Kier alpha value is -1.97. The van der Waals surface area contributed by atoms with Gasteiger partial charge in [0.1, 0.15) is 0 Å². The highest BCUT2D eigenvalue weighted by molar-refractivity contribution is 6.23. The van der Waals surface area contributed by atoms with Crippen molar-refractivity contribution < 1.29 is 8.78 Å². The minimum atomic E-state index is -2.57. The first kappa shape index (κ1) is 14.9. The Balaban J connectivity index is 0.00000144. The Morgan fingerprint density at radius 2 is 1.27 bits per heavy atom. The van der Waals surface area contributed by atoms with E-state index in [0.717, 1.165) is 32.3 Å². The van der Waals surface area contributed by atoms with Gasteiger partial charge in [0.15, 0.2) is 0 Å². The lowest BCUT2D eigenvalue weighted by atomic mass is 9.90. The van der Waals surface area contributed by atoms with Crippen molar-refractivity contribution in [3.63, 3.8) is 0 Å². The van der Waals surface area contributed by atoms with E-state index in [4.69, 9.17) is 5.73 Å². The molecule has 4 heteroatoms. The smallest absolute Gasteiger partial charge is 0.257 e. The third-order valence-electron chi connectivity index (χ3n) is 4.19. The normalized spacial score (nSPS) is 13.1. The van der Waals surface area contributed by atoms with Crippen molar-refractivity contribution in [1.82, 2.24) is 0 Å². The summed E-state index contributed by atoms with van der Waals surface area (Å²) in [5.41, 5.74) is 6.20. The van der Waals surface area contributed by atoms with Gasteiger partial charge in [0, 0.05) is 0 Å². The third kappa shape index (κ3) is 2.01. The number of benzene rings is 4. The van der Waals surface area contributed by atoms with Gasteiger partial charge < -0.3 is 5.73 Å². The van der Waals surface area contributed by atoms with Crippen LogP contribution in [0.4, 0.5) is 8.78 Å². The van der Waals surface area contributed by atoms with E-state index in [1.807, 2.05) is 42.5 Å². The number of hydrogen-bond acceptors (Lipinski definition) is 1. The van der Waals surface area contributed by atoms with Crippen molar-refractivity contribution in [3.05, 3.63) is 60.2 Å². The number of alkyl halides is 2. The summed E-state index contributed by atoms with van der Waals surface area (Å²) >= 11 is 0. The molecule has 4 rings (SSSR count). The highest BCUT2D eigenvalue weighted by atomic mass is 35.5. The largest absolute Gasteiger partial charge is 0.319 e. The second-order valence-electron chi connectivity index (χ2n) is 5.37. The Labute approximate surface area is 132 Å². The molecule has 4 aromatic carbocycles. The first-order valence-corrected chi connectivity index (χ1v) is 6.87. The van der Waals surface area contributed by atoms with E-state index >= 15 is 0 Å². The maximum Gasteiger partial charge on any atom is 0.257 e. The van der Waals surface area contributed by atoms with Crippen LogP contribution in [-0.4, -0.2) is 6.43 Å². The number of hydrogen-bond donors (Lipinski definition) is 1. The lowest BCUT2D eigenvalue weighted by Crippen LogP contribution is -2.19. The van der Waals surface area contributed by atoms with Crippen LogP contribution in [0.3, 0.4) is 0 Å². The number of rotatable bonds is 2. The molecular formula is C18H14ClF2N. The second-order valence-corrected chi connectivity index (χ2v) is 5.37. The van der Waals surface area contributed by atoms with E-state index in [-0.39, 0.29) is 12.4 Å². The predicted octanol–water partition coefficient (Wildman–Crippen LogP) is 5.27. The summed E-state index contributed by atoms with van der Waals surface area (Å²) in [6, 6.07) is 16.4. The number of halogens is 3. The molecule has 0 aliphatic carbocycles. The topological polar surface area (TPSA) is 26.0 Å². The summed E-state index contributed by atoms with van der Waals surface area (Å²) in [6.45, 7) is 0. The highest BCUT2D eigenvalue weighted by Gasteiger charge is 2.21. The summed E-state index contributed by atoms with van der Waals surface area (Å²) < 4.78 is 26.0. The molecule has 0 aromatic heterocycles. The Bertz CT molecular complexity index is 936. The molecular weight excluding hydrogens is 304 g/mol. The molecule has 4 aromatic rings. The summed E-state index contributed by atoms with van der Waals surface area (Å²) in [5, 5.41) is 6.26. The zero-order chi connectivity index (χ0) is 14.6. The fourth-order valence-electron chi connectivity index (χ4n) is 3.18. The molecule has 0 radical (unpaired) electrons. The molecule has 112 valence electrons. The first-order chi connectivity index (χ1) is 10.2. The van der Waals surface area contributed by atoms with Gasteiger partial charge in [-0.2, -0.15) is 0 Å². The fraction of sp³-hybridized carbons (Fsp3) is 0.111. The molecule has 0 saturated heterocycles. The molecule has 0 unspecified atom stereocenters. The molecule has 1 atom stereocenters. The van der Waals surface area contributed by atoms with Crippen LogP contribution >= 0.6 is 12.4 Å². The van der Waals surface area contributed by atoms with Crippen LogP contribution < -0.4 is 5.73 Å². The molecule has 0 heterocycles. The standard InChI is InChI=1S/C18H13F2N.ClH/c19-18(20)17(21)14-9-7-12-5-4-10-2-1-3-11-6-8-13(14)16(12)15(10)11;/h1-9,17-18H,21H2;1H/t17-;/m0./s1. The average Bonchev–Trinajstić information content (AvgIpc) is 2.51. The van der Waals surface area contributed by atoms with Gasteiger partial charge in [-0.15, -0.1) is 12.4 Å². The van der Waals surface area contributed by atoms with Gasteiger partial charge in [-0.25, -0.2) is 8.78 Å². The molecule has 2 N–H and O–H groups in total. The Morgan fingerprint density at radius 1 is 0.727 bits per heavy atom. The van der Waals surface area contributed by atoms with E-state index in [1.165, 1.54) is 0 Å². The molecule has 0 aliphatic rings. The van der Waals surface area contributed by atoms with Crippen LogP contribution in [0.25, 0.3) is 32.3 Å². The van der Waals surface area contributed by atoms with Crippen LogP contribution in [0.5, 0.6) is 0 Å². The maximum atomic E-state index is 13.0. The van der Waals surface area contributed by atoms with Gasteiger partial charge in [0.2, 0.25) is 0 Å². The summed E-state index contributed by atoms with van der Waals surface area (Å²) in [5.74, 6) is 0. The number of nitrogens with two attached hydrogens (primary N) is 1. The van der Waals surface area contributed by atoms with Crippen LogP contribution in [0.15, 0.2) is 54.6 Å². The molecule has 0 amide bonds. The zero-order valence-corrected chi connectivity index (χ0v) is 12.4. The van der Waals surface area contributed by atoms with Crippen molar-refractivity contribution >= 4 is 44.7 Å². The Kier molecular flexibility index (Phi) is 3.63. The Morgan fingerprint density at radius 3 is 1.91 bits per heavy atom. The van der Waals surface area contributed by atoms with E-state index in [0.29, 0.717) is 5.56 Å². The van der Waals surface area contributed by atoms with E-state index in [2.05, 4.69) is 6.07 Å². The van der Waals surface area contributed by atoms with Gasteiger partial charge in [-0.05, 0) is 37.9 Å². The minimum Gasteiger partial charge on any atom is -0.319 e. The third-order valence-corrected chi connectivity index (χ3v) is 4.19. The monoisotopic (exact) mass is 317 g/mol. The SMILES string of the molecule is Cl.N[C@@H](c1ccc2ccc3cccc4ccc1c2c34)C(F)F. The minimum absolute atomic E-state index is 0. The van der Waals surface area contributed by atoms with Gasteiger partial charge >= 0.3 is 0 Å². The molecule has 0 saturated carbocycles. The summed E-state index contributed by atoms with van der Waals surface area (Å²) in [6.07, 6.45) is -2.57. The van der Waals surface area contributed by atoms with Gasteiger partial charge in [-0.3, -0.25) is 0 Å². The molecule has 0 spiro atoms. The van der Waals surface area contributed by atoms with Crippen molar-refractivity contribution in [2.75, 3.05) is 0 Å². The van der Waals surface area contributed by atoms with Crippen LogP contribution in [0.1, 0.15) is 11.6 Å². The molecule has 1 nitrogen and oxygen atoms in total.